The first-order valence-electron chi connectivity index (χ1n) is 6.92. The number of nitrogens with zero attached hydrogens (tertiary/aromatic N) is 2. The van der Waals surface area contributed by atoms with Gasteiger partial charge in [0.05, 0.1) is 44.5 Å². The molecule has 0 unspecified atom stereocenters. The van der Waals surface area contributed by atoms with Gasteiger partial charge < -0.3 is 19.4 Å². The van der Waals surface area contributed by atoms with E-state index in [1.54, 1.807) is 14.2 Å². The van der Waals surface area contributed by atoms with Crippen molar-refractivity contribution in [1.82, 2.24) is 14.9 Å². The van der Waals surface area contributed by atoms with Crippen LogP contribution < -0.4 is 14.8 Å². The molecule has 5 heteroatoms. The van der Waals surface area contributed by atoms with E-state index in [2.05, 4.69) is 28.7 Å². The Morgan fingerprint density at radius 3 is 2.62 bits per heavy atom. The van der Waals surface area contributed by atoms with Gasteiger partial charge in [0.1, 0.15) is 11.5 Å². The predicted octanol–water partition coefficient (Wildman–Crippen LogP) is 2.40. The van der Waals surface area contributed by atoms with Gasteiger partial charge in [-0.25, -0.2) is 4.98 Å². The van der Waals surface area contributed by atoms with Crippen molar-refractivity contribution in [2.45, 2.75) is 25.9 Å². The molecule has 0 bridgehead atoms. The van der Waals surface area contributed by atoms with Crippen molar-refractivity contribution in [3.05, 3.63) is 42.0 Å². The zero-order chi connectivity index (χ0) is 15.5. The Morgan fingerprint density at radius 1 is 1.24 bits per heavy atom. The van der Waals surface area contributed by atoms with Gasteiger partial charge in [-0.3, -0.25) is 0 Å². The lowest BCUT2D eigenvalue weighted by atomic mass is 10.0. The zero-order valence-electron chi connectivity index (χ0n) is 13.3. The first-order valence-corrected chi connectivity index (χ1v) is 6.92. The minimum absolute atomic E-state index is 0.143. The van der Waals surface area contributed by atoms with Gasteiger partial charge in [0.25, 0.3) is 0 Å². The molecular weight excluding hydrogens is 266 g/mol. The highest BCUT2D eigenvalue weighted by Crippen LogP contribution is 2.27. The normalized spacial score (nSPS) is 11.5. The van der Waals surface area contributed by atoms with Gasteiger partial charge in [-0.15, -0.1) is 0 Å². The molecule has 1 N–H and O–H groups in total. The monoisotopic (exact) mass is 289 g/mol. The molecule has 0 atom stereocenters. The molecule has 0 aliphatic rings. The maximum Gasteiger partial charge on any atom is 0.127 e. The van der Waals surface area contributed by atoms with Gasteiger partial charge in [-0.2, -0.15) is 0 Å². The van der Waals surface area contributed by atoms with E-state index in [1.165, 1.54) is 0 Å². The Hall–Kier alpha value is -2.01. The summed E-state index contributed by atoms with van der Waals surface area (Å²) in [6.07, 6.45) is 3.74. The van der Waals surface area contributed by atoms with Crippen molar-refractivity contribution in [3.8, 4) is 11.5 Å². The Balaban J connectivity index is 2.33. The molecule has 0 spiro atoms. The molecule has 0 saturated heterocycles. The second-order valence-corrected chi connectivity index (χ2v) is 5.46. The van der Waals surface area contributed by atoms with Crippen LogP contribution in [0.4, 0.5) is 0 Å². The van der Waals surface area contributed by atoms with Crippen molar-refractivity contribution in [2.75, 3.05) is 21.3 Å². The summed E-state index contributed by atoms with van der Waals surface area (Å²) in [4.78, 5) is 4.28. The number of aromatic nitrogens is 2. The summed E-state index contributed by atoms with van der Waals surface area (Å²) in [6.45, 7) is 4.96. The summed E-state index contributed by atoms with van der Waals surface area (Å²) in [7, 11) is 5.27. The van der Waals surface area contributed by atoms with E-state index in [0.29, 0.717) is 6.54 Å². The molecule has 21 heavy (non-hydrogen) atoms. The fourth-order valence-electron chi connectivity index (χ4n) is 2.26. The second kappa shape index (κ2) is 6.18. The average Bonchev–Trinajstić information content (AvgIpc) is 2.96. The minimum Gasteiger partial charge on any atom is -0.497 e. The lowest BCUT2D eigenvalue weighted by Crippen LogP contribution is -2.35. The maximum atomic E-state index is 5.46. The molecule has 0 saturated carbocycles. The second-order valence-electron chi connectivity index (χ2n) is 5.46. The highest BCUT2D eigenvalue weighted by atomic mass is 16.5. The number of hydrogen-bond donors (Lipinski definition) is 1. The Morgan fingerprint density at radius 2 is 2.00 bits per heavy atom. The number of imidazole rings is 1. The summed E-state index contributed by atoms with van der Waals surface area (Å²) in [5.41, 5.74) is 2.07. The first-order chi connectivity index (χ1) is 10.0. The standard InChI is InChI=1S/C16H23N3O2/c1-16(2,17-3)15-9-18-11-19(15)10-12-6-7-13(20-4)8-14(12)21-5/h6-9,11,17H,10H2,1-5H3. The largest absolute Gasteiger partial charge is 0.497 e. The smallest absolute Gasteiger partial charge is 0.127 e. The Labute approximate surface area is 125 Å². The van der Waals surface area contributed by atoms with Crippen LogP contribution in [0.5, 0.6) is 11.5 Å². The molecule has 0 aliphatic carbocycles. The molecule has 1 aromatic heterocycles. The lowest BCUT2D eigenvalue weighted by Gasteiger charge is -2.25. The molecule has 1 aromatic carbocycles. The van der Waals surface area contributed by atoms with Gasteiger partial charge in [-0.05, 0) is 33.0 Å². The fourth-order valence-corrected chi connectivity index (χ4v) is 2.26. The molecule has 1 heterocycles. The molecular formula is C16H23N3O2. The molecule has 2 rings (SSSR count). The van der Waals surface area contributed by atoms with E-state index in [-0.39, 0.29) is 5.54 Å². The third kappa shape index (κ3) is 3.19. The summed E-state index contributed by atoms with van der Waals surface area (Å²) in [5.74, 6) is 1.60. The van der Waals surface area contributed by atoms with Gasteiger partial charge in [0, 0.05) is 11.6 Å². The summed E-state index contributed by atoms with van der Waals surface area (Å²) < 4.78 is 12.8. The number of rotatable bonds is 6. The molecule has 0 fully saturated rings. The van der Waals surface area contributed by atoms with Crippen molar-refractivity contribution in [1.29, 1.82) is 0 Å². The summed E-state index contributed by atoms with van der Waals surface area (Å²) in [6, 6.07) is 5.86. The van der Waals surface area contributed by atoms with E-state index in [1.807, 2.05) is 37.8 Å². The van der Waals surface area contributed by atoms with Gasteiger partial charge in [0.2, 0.25) is 0 Å². The third-order valence-electron chi connectivity index (χ3n) is 3.81. The first kappa shape index (κ1) is 15.4. The summed E-state index contributed by atoms with van der Waals surface area (Å²) in [5, 5.41) is 3.30. The van der Waals surface area contributed by atoms with Crippen LogP contribution in [-0.2, 0) is 12.1 Å². The number of methoxy groups -OCH3 is 2. The fraction of sp³-hybridized carbons (Fsp3) is 0.438. The van der Waals surface area contributed by atoms with Gasteiger partial charge >= 0.3 is 0 Å². The molecule has 0 amide bonds. The number of benzene rings is 1. The third-order valence-corrected chi connectivity index (χ3v) is 3.81. The highest BCUT2D eigenvalue weighted by Gasteiger charge is 2.22. The summed E-state index contributed by atoms with van der Waals surface area (Å²) >= 11 is 0. The maximum absolute atomic E-state index is 5.46. The van der Waals surface area contributed by atoms with Crippen LogP contribution in [0.15, 0.2) is 30.7 Å². The van der Waals surface area contributed by atoms with Crippen molar-refractivity contribution < 1.29 is 9.47 Å². The molecule has 5 nitrogen and oxygen atoms in total. The van der Waals surface area contributed by atoms with Crippen LogP contribution >= 0.6 is 0 Å². The van der Waals surface area contributed by atoms with E-state index in [4.69, 9.17) is 9.47 Å². The van der Waals surface area contributed by atoms with E-state index < -0.39 is 0 Å². The lowest BCUT2D eigenvalue weighted by molar-refractivity contribution is 0.387. The topological polar surface area (TPSA) is 48.3 Å². The Bertz CT molecular complexity index is 605. The van der Waals surface area contributed by atoms with Crippen LogP contribution in [0, 0.1) is 0 Å². The zero-order valence-corrected chi connectivity index (χ0v) is 13.3. The van der Waals surface area contributed by atoms with E-state index in [0.717, 1.165) is 22.8 Å². The predicted molar refractivity (Wildman–Crippen MR) is 83.0 cm³/mol. The SMILES string of the molecule is CNC(C)(C)c1cncn1Cc1ccc(OC)cc1OC. The molecule has 0 aliphatic heterocycles. The van der Waals surface area contributed by atoms with Crippen molar-refractivity contribution >= 4 is 0 Å². The Kier molecular flexibility index (Phi) is 4.53. The van der Waals surface area contributed by atoms with Crippen LogP contribution in [0.1, 0.15) is 25.1 Å². The minimum atomic E-state index is -0.143. The van der Waals surface area contributed by atoms with Crippen LogP contribution in [0.3, 0.4) is 0 Å². The molecule has 0 radical (unpaired) electrons. The number of ether oxygens (including phenoxy) is 2. The molecule has 114 valence electrons. The van der Waals surface area contributed by atoms with Gasteiger partial charge in [0.15, 0.2) is 0 Å². The van der Waals surface area contributed by atoms with Crippen LogP contribution in [0.25, 0.3) is 0 Å². The van der Waals surface area contributed by atoms with Gasteiger partial charge in [-0.1, -0.05) is 0 Å². The average molecular weight is 289 g/mol. The highest BCUT2D eigenvalue weighted by molar-refractivity contribution is 5.41. The molecule has 2 aromatic rings. The van der Waals surface area contributed by atoms with E-state index in [9.17, 15) is 0 Å². The van der Waals surface area contributed by atoms with Crippen molar-refractivity contribution in [2.24, 2.45) is 0 Å². The quantitative estimate of drug-likeness (QED) is 0.887. The number of nitrogens with one attached hydrogen (secondary N) is 1. The number of hydrogen-bond acceptors (Lipinski definition) is 4. The van der Waals surface area contributed by atoms with Crippen LogP contribution in [-0.4, -0.2) is 30.8 Å². The van der Waals surface area contributed by atoms with E-state index >= 15 is 0 Å². The van der Waals surface area contributed by atoms with Crippen molar-refractivity contribution in [3.63, 3.8) is 0 Å². The van der Waals surface area contributed by atoms with Crippen LogP contribution in [0.2, 0.25) is 0 Å².